The molecule has 0 saturated carbocycles. The summed E-state index contributed by atoms with van der Waals surface area (Å²) in [6.45, 7) is 2.11. The van der Waals surface area contributed by atoms with Gasteiger partial charge in [0.15, 0.2) is 6.29 Å². The van der Waals surface area contributed by atoms with Gasteiger partial charge in [0.2, 0.25) is 0 Å². The summed E-state index contributed by atoms with van der Waals surface area (Å²) in [5, 5.41) is 2.72. The highest BCUT2D eigenvalue weighted by Gasteiger charge is 2.12. The summed E-state index contributed by atoms with van der Waals surface area (Å²) in [4.78, 5) is 11.9. The van der Waals surface area contributed by atoms with Gasteiger partial charge in [0.05, 0.1) is 6.54 Å². The monoisotopic (exact) mass is 238 g/mol. The minimum Gasteiger partial charge on any atom is -0.398 e. The van der Waals surface area contributed by atoms with E-state index in [1.807, 2.05) is 6.92 Å². The Hall–Kier alpha value is -1.59. The zero-order chi connectivity index (χ0) is 12.8. The number of carbonyl (C=O) groups is 1. The first-order valence-electron chi connectivity index (χ1n) is 5.29. The molecule has 0 radical (unpaired) electrons. The van der Waals surface area contributed by atoms with Crippen LogP contribution in [0.2, 0.25) is 0 Å². The standard InChI is InChI=1S/C12H18N2O3/c1-8-9(5-4-6-10(8)13)12(15)14-7-11(16-2)17-3/h4-6,11H,7,13H2,1-3H3,(H,14,15). The summed E-state index contributed by atoms with van der Waals surface area (Å²) in [5.74, 6) is -0.186. The van der Waals surface area contributed by atoms with Crippen LogP contribution in [0, 0.1) is 6.92 Å². The van der Waals surface area contributed by atoms with Crippen molar-refractivity contribution in [1.82, 2.24) is 5.32 Å². The summed E-state index contributed by atoms with van der Waals surface area (Å²) in [6, 6.07) is 5.25. The van der Waals surface area contributed by atoms with Crippen LogP contribution < -0.4 is 11.1 Å². The Bertz CT molecular complexity index is 389. The fraction of sp³-hybridized carbons (Fsp3) is 0.417. The molecule has 0 aliphatic carbocycles. The van der Waals surface area contributed by atoms with Crippen molar-refractivity contribution in [2.24, 2.45) is 0 Å². The number of nitrogens with two attached hydrogens (primary N) is 1. The zero-order valence-electron chi connectivity index (χ0n) is 10.3. The first-order chi connectivity index (χ1) is 8.10. The lowest BCUT2D eigenvalue weighted by Crippen LogP contribution is -2.34. The molecule has 0 saturated heterocycles. The number of carbonyl (C=O) groups excluding carboxylic acids is 1. The third-order valence-electron chi connectivity index (χ3n) is 2.58. The maximum absolute atomic E-state index is 11.9. The van der Waals surface area contributed by atoms with Gasteiger partial charge in [-0.05, 0) is 24.6 Å². The summed E-state index contributed by atoms with van der Waals surface area (Å²) >= 11 is 0. The molecule has 0 aliphatic rings. The SMILES string of the molecule is COC(CNC(=O)c1cccc(N)c1C)OC. The Labute approximate surface area is 101 Å². The van der Waals surface area contributed by atoms with Gasteiger partial charge in [0.1, 0.15) is 0 Å². The van der Waals surface area contributed by atoms with Crippen LogP contribution >= 0.6 is 0 Å². The molecule has 0 aliphatic heterocycles. The summed E-state index contributed by atoms with van der Waals surface area (Å²) in [6.07, 6.45) is -0.444. The largest absolute Gasteiger partial charge is 0.398 e. The molecule has 1 amide bonds. The van der Waals surface area contributed by atoms with Crippen molar-refractivity contribution < 1.29 is 14.3 Å². The molecule has 0 atom stereocenters. The van der Waals surface area contributed by atoms with Gasteiger partial charge in [-0.25, -0.2) is 0 Å². The fourth-order valence-electron chi connectivity index (χ4n) is 1.43. The fourth-order valence-corrected chi connectivity index (χ4v) is 1.43. The summed E-state index contributed by atoms with van der Waals surface area (Å²) in [7, 11) is 3.04. The molecule has 94 valence electrons. The molecule has 0 fully saturated rings. The van der Waals surface area contributed by atoms with Crippen molar-refractivity contribution in [2.45, 2.75) is 13.2 Å². The highest BCUT2D eigenvalue weighted by atomic mass is 16.7. The normalized spacial score (nSPS) is 10.6. The molecular formula is C12H18N2O3. The molecule has 3 N–H and O–H groups in total. The second kappa shape index (κ2) is 6.22. The van der Waals surface area contributed by atoms with Crippen LogP contribution in [0.4, 0.5) is 5.69 Å². The molecule has 1 aromatic rings. The highest BCUT2D eigenvalue weighted by molar-refractivity contribution is 5.96. The van der Waals surface area contributed by atoms with E-state index in [1.165, 1.54) is 14.2 Å². The number of nitrogens with one attached hydrogen (secondary N) is 1. The van der Waals surface area contributed by atoms with E-state index in [0.717, 1.165) is 5.56 Å². The average Bonchev–Trinajstić information content (AvgIpc) is 2.33. The number of anilines is 1. The van der Waals surface area contributed by atoms with Crippen molar-refractivity contribution in [3.8, 4) is 0 Å². The van der Waals surface area contributed by atoms with Gasteiger partial charge in [-0.3, -0.25) is 4.79 Å². The highest BCUT2D eigenvalue weighted by Crippen LogP contribution is 2.15. The van der Waals surface area contributed by atoms with Crippen LogP contribution in [-0.2, 0) is 9.47 Å². The second-order valence-electron chi connectivity index (χ2n) is 3.63. The number of benzene rings is 1. The average molecular weight is 238 g/mol. The van der Waals surface area contributed by atoms with Gasteiger partial charge in [0, 0.05) is 25.5 Å². The first-order valence-corrected chi connectivity index (χ1v) is 5.29. The van der Waals surface area contributed by atoms with Crippen molar-refractivity contribution in [3.05, 3.63) is 29.3 Å². The predicted molar refractivity (Wildman–Crippen MR) is 65.7 cm³/mol. The minimum absolute atomic E-state index is 0.186. The number of nitrogen functional groups attached to an aromatic ring is 1. The Balaban J connectivity index is 2.67. The van der Waals surface area contributed by atoms with Crippen molar-refractivity contribution >= 4 is 11.6 Å². The molecule has 1 aromatic carbocycles. The lowest BCUT2D eigenvalue weighted by atomic mass is 10.1. The number of hydrogen-bond acceptors (Lipinski definition) is 4. The van der Waals surface area contributed by atoms with Crippen molar-refractivity contribution in [1.29, 1.82) is 0 Å². The Kier molecular flexibility index (Phi) is 4.93. The van der Waals surface area contributed by atoms with E-state index in [1.54, 1.807) is 18.2 Å². The number of ether oxygens (including phenoxy) is 2. The molecule has 0 heterocycles. The molecule has 0 bridgehead atoms. The number of rotatable bonds is 5. The van der Waals surface area contributed by atoms with E-state index < -0.39 is 6.29 Å². The zero-order valence-corrected chi connectivity index (χ0v) is 10.3. The van der Waals surface area contributed by atoms with Gasteiger partial charge in [0.25, 0.3) is 5.91 Å². The van der Waals surface area contributed by atoms with Crippen LogP contribution in [0.1, 0.15) is 15.9 Å². The summed E-state index contributed by atoms with van der Waals surface area (Å²) < 4.78 is 9.96. The molecule has 1 rings (SSSR count). The molecule has 0 aromatic heterocycles. The molecule has 5 heteroatoms. The van der Waals surface area contributed by atoms with E-state index in [2.05, 4.69) is 5.32 Å². The van der Waals surface area contributed by atoms with Gasteiger partial charge in [-0.1, -0.05) is 6.07 Å². The third kappa shape index (κ3) is 3.44. The van der Waals surface area contributed by atoms with Crippen molar-refractivity contribution in [2.75, 3.05) is 26.5 Å². The van der Waals surface area contributed by atoms with E-state index in [4.69, 9.17) is 15.2 Å². The molecule has 5 nitrogen and oxygen atoms in total. The van der Waals surface area contributed by atoms with Crippen LogP contribution in [0.3, 0.4) is 0 Å². The maximum atomic E-state index is 11.9. The molecule has 0 unspecified atom stereocenters. The van der Waals surface area contributed by atoms with Crippen LogP contribution in [-0.4, -0.2) is 33.0 Å². The van der Waals surface area contributed by atoms with E-state index in [9.17, 15) is 4.79 Å². The van der Waals surface area contributed by atoms with E-state index in [-0.39, 0.29) is 5.91 Å². The van der Waals surface area contributed by atoms with Gasteiger partial charge in [-0.15, -0.1) is 0 Å². The van der Waals surface area contributed by atoms with E-state index in [0.29, 0.717) is 17.8 Å². The van der Waals surface area contributed by atoms with Crippen LogP contribution in [0.5, 0.6) is 0 Å². The summed E-state index contributed by atoms with van der Waals surface area (Å²) in [5.41, 5.74) is 7.68. The maximum Gasteiger partial charge on any atom is 0.251 e. The predicted octanol–water partition coefficient (Wildman–Crippen LogP) is 0.926. The number of hydrogen-bond donors (Lipinski definition) is 2. The Morgan fingerprint density at radius 2 is 2.06 bits per heavy atom. The van der Waals surface area contributed by atoms with Crippen LogP contribution in [0.15, 0.2) is 18.2 Å². The van der Waals surface area contributed by atoms with Crippen LogP contribution in [0.25, 0.3) is 0 Å². The first kappa shape index (κ1) is 13.5. The Morgan fingerprint density at radius 1 is 1.41 bits per heavy atom. The molecule has 0 spiro atoms. The lowest BCUT2D eigenvalue weighted by molar-refractivity contribution is -0.0974. The smallest absolute Gasteiger partial charge is 0.251 e. The van der Waals surface area contributed by atoms with Gasteiger partial charge in [-0.2, -0.15) is 0 Å². The second-order valence-corrected chi connectivity index (χ2v) is 3.63. The minimum atomic E-state index is -0.444. The molecular weight excluding hydrogens is 220 g/mol. The topological polar surface area (TPSA) is 73.6 Å². The van der Waals surface area contributed by atoms with E-state index >= 15 is 0 Å². The van der Waals surface area contributed by atoms with Crippen molar-refractivity contribution in [3.63, 3.8) is 0 Å². The van der Waals surface area contributed by atoms with Gasteiger partial charge < -0.3 is 20.5 Å². The number of amides is 1. The third-order valence-corrected chi connectivity index (χ3v) is 2.58. The Morgan fingerprint density at radius 3 is 2.65 bits per heavy atom. The van der Waals surface area contributed by atoms with Gasteiger partial charge >= 0.3 is 0 Å². The molecule has 17 heavy (non-hydrogen) atoms. The lowest BCUT2D eigenvalue weighted by Gasteiger charge is -2.15. The number of methoxy groups -OCH3 is 2. The quantitative estimate of drug-likeness (QED) is 0.591.